The lowest BCUT2D eigenvalue weighted by Gasteiger charge is -2.41. The van der Waals surface area contributed by atoms with E-state index >= 15 is 0 Å². The first-order valence-corrected chi connectivity index (χ1v) is 15.4. The number of nitrogens with one attached hydrogen (secondary N) is 1. The first kappa shape index (κ1) is 27.8. The molecule has 2 aromatic carbocycles. The van der Waals surface area contributed by atoms with Gasteiger partial charge in [0.15, 0.2) is 15.7 Å². The third kappa shape index (κ3) is 5.33. The fourth-order valence-electron chi connectivity index (χ4n) is 5.36. The minimum atomic E-state index is -3.76. The number of hydrogen-bond acceptors (Lipinski definition) is 9. The molecule has 10 nitrogen and oxygen atoms in total. The van der Waals surface area contributed by atoms with Crippen LogP contribution in [0.1, 0.15) is 31.9 Å². The molecular formula is C31H31N5O5S. The molecule has 1 aliphatic carbocycles. The summed E-state index contributed by atoms with van der Waals surface area (Å²) >= 11 is 0. The number of benzene rings is 2. The molecule has 42 heavy (non-hydrogen) atoms. The lowest BCUT2D eigenvalue weighted by Crippen LogP contribution is -2.46. The van der Waals surface area contributed by atoms with E-state index in [0.29, 0.717) is 66.9 Å². The smallest absolute Gasteiger partial charge is 0.410 e. The number of ether oxygens (including phenoxy) is 2. The number of morpholine rings is 1. The standard InChI is InChI=1S/C31H31N5O5S/c1-22-21-40-19-18-36(22)28-20-27(31(14-5-15-31)42(38,39)26-12-16-32-17-13-26)34-29(35-28)23-8-10-24(11-9-23)33-30(37)41-25-6-3-2-4-7-25/h2-4,6-13,16-17,20,22H,5,14-15,18-19,21H2,1H3,(H,33,37)/t22-/m0/s1. The third-order valence-electron chi connectivity index (χ3n) is 7.82. The van der Waals surface area contributed by atoms with Gasteiger partial charge in [-0.1, -0.05) is 18.2 Å². The molecule has 2 fully saturated rings. The zero-order valence-electron chi connectivity index (χ0n) is 23.1. The first-order chi connectivity index (χ1) is 20.4. The number of carbonyl (C=O) groups excluding carboxylic acids is 1. The van der Waals surface area contributed by atoms with Crippen LogP contribution in [0.2, 0.25) is 0 Å². The summed E-state index contributed by atoms with van der Waals surface area (Å²) in [6.45, 7) is 3.80. The normalized spacial score (nSPS) is 18.1. The quantitative estimate of drug-likeness (QED) is 0.311. The molecule has 0 bridgehead atoms. The van der Waals surface area contributed by atoms with Crippen molar-refractivity contribution < 1.29 is 22.7 Å². The molecule has 2 aromatic heterocycles. The van der Waals surface area contributed by atoms with Gasteiger partial charge in [-0.15, -0.1) is 0 Å². The van der Waals surface area contributed by atoms with Crippen molar-refractivity contribution in [3.05, 3.63) is 90.9 Å². The van der Waals surface area contributed by atoms with Gasteiger partial charge >= 0.3 is 6.09 Å². The number of hydrogen-bond donors (Lipinski definition) is 1. The Labute approximate surface area is 244 Å². The third-order valence-corrected chi connectivity index (χ3v) is 10.4. The van der Waals surface area contributed by atoms with E-state index in [0.717, 1.165) is 6.42 Å². The predicted octanol–water partition coefficient (Wildman–Crippen LogP) is 5.23. The van der Waals surface area contributed by atoms with Crippen molar-refractivity contribution in [1.82, 2.24) is 15.0 Å². The molecule has 0 spiro atoms. The van der Waals surface area contributed by atoms with Crippen molar-refractivity contribution >= 4 is 27.4 Å². The number of sulfone groups is 1. The zero-order valence-corrected chi connectivity index (χ0v) is 24.0. The zero-order chi connectivity index (χ0) is 29.2. The van der Waals surface area contributed by atoms with Gasteiger partial charge in [0.25, 0.3) is 0 Å². The van der Waals surface area contributed by atoms with E-state index in [-0.39, 0.29) is 10.9 Å². The first-order valence-electron chi connectivity index (χ1n) is 13.9. The van der Waals surface area contributed by atoms with Crippen LogP contribution in [0.15, 0.2) is 90.1 Å². The van der Waals surface area contributed by atoms with Crippen LogP contribution in [0, 0.1) is 0 Å². The predicted molar refractivity (Wildman–Crippen MR) is 158 cm³/mol. The van der Waals surface area contributed by atoms with E-state index in [1.165, 1.54) is 24.5 Å². The SMILES string of the molecule is C[C@H]1COCCN1c1cc(C2(S(=O)(=O)c3ccncc3)CCC2)nc(-c2ccc(NC(=O)Oc3ccccc3)cc2)n1. The summed E-state index contributed by atoms with van der Waals surface area (Å²) < 4.78 is 37.9. The Kier molecular flexibility index (Phi) is 7.61. The molecule has 2 aliphatic rings. The molecule has 1 saturated carbocycles. The monoisotopic (exact) mass is 585 g/mol. The summed E-state index contributed by atoms with van der Waals surface area (Å²) in [5.41, 5.74) is 1.71. The van der Waals surface area contributed by atoms with Crippen LogP contribution < -0.4 is 15.0 Å². The Hall–Kier alpha value is -4.35. The second-order valence-electron chi connectivity index (χ2n) is 10.5. The maximum atomic E-state index is 14.0. The van der Waals surface area contributed by atoms with E-state index in [9.17, 15) is 13.2 Å². The summed E-state index contributed by atoms with van der Waals surface area (Å²) in [4.78, 5) is 28.5. The fourth-order valence-corrected chi connectivity index (χ4v) is 7.49. The van der Waals surface area contributed by atoms with Crippen molar-refractivity contribution in [3.8, 4) is 17.1 Å². The molecular weight excluding hydrogens is 554 g/mol. The average molecular weight is 586 g/mol. The fraction of sp³-hybridized carbons (Fsp3) is 0.290. The van der Waals surface area contributed by atoms with Gasteiger partial charge in [-0.2, -0.15) is 0 Å². The van der Waals surface area contributed by atoms with Crippen LogP contribution in [0.25, 0.3) is 11.4 Å². The minimum absolute atomic E-state index is 0.0608. The lowest BCUT2D eigenvalue weighted by atomic mass is 9.81. The number of nitrogens with zero attached hydrogens (tertiary/aromatic N) is 4. The van der Waals surface area contributed by atoms with Gasteiger partial charge in [0.2, 0.25) is 0 Å². The summed E-state index contributed by atoms with van der Waals surface area (Å²) in [5.74, 6) is 1.51. The maximum absolute atomic E-state index is 14.0. The Morgan fingerprint density at radius 2 is 1.76 bits per heavy atom. The van der Waals surface area contributed by atoms with Gasteiger partial charge in [-0.25, -0.2) is 23.2 Å². The maximum Gasteiger partial charge on any atom is 0.417 e. The topological polar surface area (TPSA) is 124 Å². The molecule has 6 rings (SSSR count). The number of aromatic nitrogens is 3. The lowest BCUT2D eigenvalue weighted by molar-refractivity contribution is 0.0985. The van der Waals surface area contributed by atoms with Gasteiger partial charge in [0.1, 0.15) is 16.3 Å². The highest BCUT2D eigenvalue weighted by Crippen LogP contribution is 2.51. The van der Waals surface area contributed by atoms with Gasteiger partial charge in [0, 0.05) is 36.3 Å². The summed E-state index contributed by atoms with van der Waals surface area (Å²) in [6.07, 6.45) is 4.11. The minimum Gasteiger partial charge on any atom is -0.410 e. The highest BCUT2D eigenvalue weighted by atomic mass is 32.2. The Morgan fingerprint density at radius 3 is 2.43 bits per heavy atom. The largest absolute Gasteiger partial charge is 0.417 e. The van der Waals surface area contributed by atoms with E-state index in [1.807, 2.05) is 12.1 Å². The Balaban J connectivity index is 1.35. The van der Waals surface area contributed by atoms with Crippen molar-refractivity contribution in [2.24, 2.45) is 0 Å². The van der Waals surface area contributed by atoms with E-state index in [4.69, 9.17) is 19.4 Å². The van der Waals surface area contributed by atoms with Crippen LogP contribution in [-0.4, -0.2) is 55.3 Å². The number of para-hydroxylation sites is 1. The van der Waals surface area contributed by atoms with Crippen molar-refractivity contribution in [2.75, 3.05) is 30.0 Å². The molecule has 4 aromatic rings. The van der Waals surface area contributed by atoms with E-state index in [1.54, 1.807) is 48.5 Å². The molecule has 1 N–H and O–H groups in total. The number of amides is 1. The molecule has 3 heterocycles. The molecule has 1 saturated heterocycles. The van der Waals surface area contributed by atoms with Crippen LogP contribution in [0.5, 0.6) is 5.75 Å². The van der Waals surface area contributed by atoms with Crippen LogP contribution >= 0.6 is 0 Å². The summed E-state index contributed by atoms with van der Waals surface area (Å²) in [6, 6.07) is 20.9. The summed E-state index contributed by atoms with van der Waals surface area (Å²) in [5, 5.41) is 2.72. The Bertz CT molecular complexity index is 1660. The van der Waals surface area contributed by atoms with E-state index < -0.39 is 20.7 Å². The van der Waals surface area contributed by atoms with Gasteiger partial charge in [0.05, 0.1) is 29.8 Å². The molecule has 1 aliphatic heterocycles. The number of pyridine rings is 1. The number of anilines is 2. The van der Waals surface area contributed by atoms with Gasteiger partial charge in [-0.3, -0.25) is 10.3 Å². The molecule has 216 valence electrons. The average Bonchev–Trinajstić information content (AvgIpc) is 2.98. The molecule has 0 radical (unpaired) electrons. The molecule has 11 heteroatoms. The van der Waals surface area contributed by atoms with Crippen LogP contribution in [0.4, 0.5) is 16.3 Å². The van der Waals surface area contributed by atoms with Crippen molar-refractivity contribution in [3.63, 3.8) is 0 Å². The highest BCUT2D eigenvalue weighted by molar-refractivity contribution is 7.92. The molecule has 0 unspecified atom stereocenters. The van der Waals surface area contributed by atoms with Crippen molar-refractivity contribution in [2.45, 2.75) is 41.9 Å². The van der Waals surface area contributed by atoms with Crippen molar-refractivity contribution in [1.29, 1.82) is 0 Å². The highest BCUT2D eigenvalue weighted by Gasteiger charge is 2.52. The number of rotatable bonds is 7. The second kappa shape index (κ2) is 11.5. The molecule has 1 atom stereocenters. The number of carbonyl (C=O) groups is 1. The van der Waals surface area contributed by atoms with Gasteiger partial charge < -0.3 is 14.4 Å². The second-order valence-corrected chi connectivity index (χ2v) is 12.8. The van der Waals surface area contributed by atoms with Gasteiger partial charge in [-0.05, 0) is 74.7 Å². The van der Waals surface area contributed by atoms with Crippen LogP contribution in [0.3, 0.4) is 0 Å². The van der Waals surface area contributed by atoms with Crippen LogP contribution in [-0.2, 0) is 19.3 Å². The molecule has 1 amide bonds. The van der Waals surface area contributed by atoms with E-state index in [2.05, 4.69) is 22.1 Å². The summed E-state index contributed by atoms with van der Waals surface area (Å²) in [7, 11) is -3.76. The Morgan fingerprint density at radius 1 is 1.02 bits per heavy atom.